The number of ether oxygens (including phenoxy) is 2. The molecular weight excluding hydrogens is 369 g/mol. The van der Waals surface area contributed by atoms with Crippen LogP contribution in [0.2, 0.25) is 10.0 Å². The van der Waals surface area contributed by atoms with E-state index in [1.54, 1.807) is 26.4 Å². The zero-order valence-corrected chi connectivity index (χ0v) is 15.7. The van der Waals surface area contributed by atoms with E-state index in [1.807, 2.05) is 31.2 Å². The number of halogens is 3. The van der Waals surface area contributed by atoms with Gasteiger partial charge < -0.3 is 14.8 Å². The number of hydrogen-bond acceptors (Lipinski definition) is 3. The molecule has 0 saturated heterocycles. The summed E-state index contributed by atoms with van der Waals surface area (Å²) in [5.74, 6) is 1.28. The smallest absolute Gasteiger partial charge is 0.161 e. The van der Waals surface area contributed by atoms with Gasteiger partial charge in [-0.2, -0.15) is 0 Å². The lowest BCUT2D eigenvalue weighted by Crippen LogP contribution is -2.36. The fourth-order valence-corrected chi connectivity index (χ4v) is 3.32. The van der Waals surface area contributed by atoms with Crippen LogP contribution in [0.25, 0.3) is 11.8 Å². The van der Waals surface area contributed by atoms with E-state index in [0.717, 1.165) is 22.4 Å². The molecule has 1 aliphatic heterocycles. The minimum atomic E-state index is -0.801. The summed E-state index contributed by atoms with van der Waals surface area (Å²) < 4.78 is 10.8. The maximum atomic E-state index is 6.74. The van der Waals surface area contributed by atoms with E-state index in [-0.39, 0.29) is 0 Å². The van der Waals surface area contributed by atoms with Gasteiger partial charge in [-0.15, -0.1) is 0 Å². The standard InChI is InChI=1S/C18H16Cl3NO2/c1-18(21)12-9-17(24-3)16(23-2)8-11(12)7-15(22-18)10-4-5-13(19)14(20)6-10/h4-9,22H,1-3H3. The molecular formula is C18H16Cl3NO2. The highest BCUT2D eigenvalue weighted by molar-refractivity contribution is 6.42. The van der Waals surface area contributed by atoms with Crippen LogP contribution in [-0.2, 0) is 5.00 Å². The summed E-state index contributed by atoms with van der Waals surface area (Å²) >= 11 is 18.9. The SMILES string of the molecule is COc1cc2c(cc1OC)C(C)(Cl)NC(c1ccc(Cl)c(Cl)c1)=C2. The molecule has 1 N–H and O–H groups in total. The molecule has 126 valence electrons. The highest BCUT2D eigenvalue weighted by atomic mass is 35.5. The summed E-state index contributed by atoms with van der Waals surface area (Å²) in [6, 6.07) is 9.26. The van der Waals surface area contributed by atoms with Gasteiger partial charge in [0.05, 0.1) is 24.3 Å². The highest BCUT2D eigenvalue weighted by Gasteiger charge is 2.32. The second-order valence-corrected chi connectivity index (χ2v) is 7.18. The number of hydrogen-bond donors (Lipinski definition) is 1. The van der Waals surface area contributed by atoms with E-state index in [1.165, 1.54) is 0 Å². The Labute approximate surface area is 156 Å². The molecule has 2 aromatic rings. The summed E-state index contributed by atoms with van der Waals surface area (Å²) in [6.45, 7) is 1.89. The van der Waals surface area contributed by atoms with Crippen LogP contribution in [0.5, 0.6) is 11.5 Å². The molecule has 2 aromatic carbocycles. The van der Waals surface area contributed by atoms with Crippen molar-refractivity contribution in [3.63, 3.8) is 0 Å². The topological polar surface area (TPSA) is 30.5 Å². The number of nitrogens with one attached hydrogen (secondary N) is 1. The highest BCUT2D eigenvalue weighted by Crippen LogP contribution is 2.42. The third kappa shape index (κ3) is 3.04. The molecule has 0 amide bonds. The Morgan fingerprint density at radius 2 is 1.62 bits per heavy atom. The van der Waals surface area contributed by atoms with Gasteiger partial charge >= 0.3 is 0 Å². The molecule has 0 aromatic heterocycles. The average molecular weight is 385 g/mol. The Kier molecular flexibility index (Phi) is 4.60. The number of methoxy groups -OCH3 is 2. The van der Waals surface area contributed by atoms with Crippen molar-refractivity contribution in [3.8, 4) is 11.5 Å². The molecule has 0 spiro atoms. The molecule has 3 rings (SSSR count). The molecule has 0 aliphatic carbocycles. The molecule has 0 saturated carbocycles. The van der Waals surface area contributed by atoms with Crippen LogP contribution in [0.3, 0.4) is 0 Å². The van der Waals surface area contributed by atoms with Crippen molar-refractivity contribution in [2.45, 2.75) is 11.9 Å². The van der Waals surface area contributed by atoms with Crippen molar-refractivity contribution in [3.05, 3.63) is 57.1 Å². The Bertz CT molecular complexity index is 831. The Morgan fingerprint density at radius 3 is 2.25 bits per heavy atom. The van der Waals surface area contributed by atoms with Gasteiger partial charge in [-0.3, -0.25) is 0 Å². The van der Waals surface area contributed by atoms with Gasteiger partial charge in [0.2, 0.25) is 0 Å². The zero-order chi connectivity index (χ0) is 17.5. The van der Waals surface area contributed by atoms with Crippen LogP contribution in [0.4, 0.5) is 0 Å². The minimum absolute atomic E-state index is 0.492. The molecule has 0 bridgehead atoms. The maximum absolute atomic E-state index is 6.74. The monoisotopic (exact) mass is 383 g/mol. The van der Waals surface area contributed by atoms with Crippen LogP contribution >= 0.6 is 34.8 Å². The number of fused-ring (bicyclic) bond motifs is 1. The lowest BCUT2D eigenvalue weighted by atomic mass is 9.93. The first kappa shape index (κ1) is 17.3. The van der Waals surface area contributed by atoms with Gasteiger partial charge in [-0.1, -0.05) is 40.9 Å². The first-order chi connectivity index (χ1) is 11.4. The number of rotatable bonds is 3. The van der Waals surface area contributed by atoms with E-state index in [9.17, 15) is 0 Å². The van der Waals surface area contributed by atoms with Crippen LogP contribution in [0, 0.1) is 0 Å². The van der Waals surface area contributed by atoms with Crippen molar-refractivity contribution in [1.29, 1.82) is 0 Å². The van der Waals surface area contributed by atoms with Gasteiger partial charge in [0, 0.05) is 11.3 Å². The zero-order valence-electron chi connectivity index (χ0n) is 13.4. The largest absolute Gasteiger partial charge is 0.493 e. The van der Waals surface area contributed by atoms with Crippen LogP contribution in [0.15, 0.2) is 30.3 Å². The van der Waals surface area contributed by atoms with Crippen molar-refractivity contribution in [2.75, 3.05) is 14.2 Å². The van der Waals surface area contributed by atoms with Crippen LogP contribution < -0.4 is 14.8 Å². The fraction of sp³-hybridized carbons (Fsp3) is 0.222. The molecule has 1 heterocycles. The lowest BCUT2D eigenvalue weighted by Gasteiger charge is -2.33. The molecule has 0 radical (unpaired) electrons. The Hall–Kier alpha value is -1.55. The van der Waals surface area contributed by atoms with Crippen molar-refractivity contribution >= 4 is 46.6 Å². The summed E-state index contributed by atoms with van der Waals surface area (Å²) in [6.07, 6.45) is 2.00. The Morgan fingerprint density at radius 1 is 0.958 bits per heavy atom. The van der Waals surface area contributed by atoms with Crippen molar-refractivity contribution in [2.24, 2.45) is 0 Å². The van der Waals surface area contributed by atoms with E-state index in [2.05, 4.69) is 5.32 Å². The summed E-state index contributed by atoms with van der Waals surface area (Å²) in [7, 11) is 3.21. The summed E-state index contributed by atoms with van der Waals surface area (Å²) in [5.41, 5.74) is 3.61. The number of benzene rings is 2. The van der Waals surface area contributed by atoms with Crippen molar-refractivity contribution < 1.29 is 9.47 Å². The van der Waals surface area contributed by atoms with Gasteiger partial charge in [0.15, 0.2) is 11.5 Å². The minimum Gasteiger partial charge on any atom is -0.493 e. The van der Waals surface area contributed by atoms with Gasteiger partial charge in [-0.25, -0.2) is 0 Å². The van der Waals surface area contributed by atoms with Crippen LogP contribution in [0.1, 0.15) is 23.6 Å². The lowest BCUT2D eigenvalue weighted by molar-refractivity contribution is 0.353. The average Bonchev–Trinajstić information content (AvgIpc) is 2.55. The predicted octanol–water partition coefficient (Wildman–Crippen LogP) is 5.52. The molecule has 24 heavy (non-hydrogen) atoms. The number of alkyl halides is 1. The molecule has 6 heteroatoms. The van der Waals surface area contributed by atoms with E-state index < -0.39 is 5.00 Å². The molecule has 1 aliphatic rings. The molecule has 0 fully saturated rings. The Balaban J connectivity index is 2.16. The van der Waals surface area contributed by atoms with Crippen molar-refractivity contribution in [1.82, 2.24) is 5.32 Å². The second-order valence-electron chi connectivity index (χ2n) is 5.61. The first-order valence-electron chi connectivity index (χ1n) is 7.26. The van der Waals surface area contributed by atoms with E-state index in [4.69, 9.17) is 44.3 Å². The van der Waals surface area contributed by atoms with Gasteiger partial charge in [0.1, 0.15) is 5.00 Å². The van der Waals surface area contributed by atoms with E-state index >= 15 is 0 Å². The van der Waals surface area contributed by atoms with Gasteiger partial charge in [-0.05, 0) is 48.4 Å². The summed E-state index contributed by atoms with van der Waals surface area (Å²) in [5, 5.41) is 4.33. The van der Waals surface area contributed by atoms with Gasteiger partial charge in [0.25, 0.3) is 0 Å². The molecule has 1 unspecified atom stereocenters. The predicted molar refractivity (Wildman–Crippen MR) is 100 cm³/mol. The quantitative estimate of drug-likeness (QED) is 0.558. The summed E-state index contributed by atoms with van der Waals surface area (Å²) in [4.78, 5) is -0.801. The fourth-order valence-electron chi connectivity index (χ4n) is 2.75. The molecule has 1 atom stereocenters. The normalized spacial score (nSPS) is 19.2. The second kappa shape index (κ2) is 6.40. The van der Waals surface area contributed by atoms with Crippen LogP contribution in [-0.4, -0.2) is 14.2 Å². The molecule has 3 nitrogen and oxygen atoms in total. The third-order valence-electron chi connectivity index (χ3n) is 3.96. The maximum Gasteiger partial charge on any atom is 0.161 e. The third-order valence-corrected chi connectivity index (χ3v) is 5.00. The van der Waals surface area contributed by atoms with E-state index in [0.29, 0.717) is 21.5 Å². The first-order valence-corrected chi connectivity index (χ1v) is 8.40.